The molecule has 0 aromatic heterocycles. The zero-order valence-corrected chi connectivity index (χ0v) is 11.5. The van der Waals surface area contributed by atoms with Gasteiger partial charge in [-0.3, -0.25) is 4.79 Å². The van der Waals surface area contributed by atoms with E-state index in [4.69, 9.17) is 11.6 Å². The second-order valence-corrected chi connectivity index (χ2v) is 6.15. The Kier molecular flexibility index (Phi) is 4.88. The van der Waals surface area contributed by atoms with E-state index in [1.165, 1.54) is 0 Å². The van der Waals surface area contributed by atoms with Crippen molar-refractivity contribution in [2.24, 2.45) is 5.41 Å². The zero-order chi connectivity index (χ0) is 12.2. The quantitative estimate of drug-likeness (QED) is 0.804. The van der Waals surface area contributed by atoms with Crippen molar-refractivity contribution in [3.8, 4) is 0 Å². The predicted molar refractivity (Wildman–Crippen MR) is 72.1 cm³/mol. The van der Waals surface area contributed by atoms with Crippen LogP contribution in [-0.4, -0.2) is 11.5 Å². The van der Waals surface area contributed by atoms with Crippen LogP contribution in [0.4, 0.5) is 0 Å². The van der Waals surface area contributed by atoms with Crippen LogP contribution in [0.25, 0.3) is 0 Å². The normalized spacial score (nSPS) is 11.5. The first-order valence-electron chi connectivity index (χ1n) is 5.25. The fourth-order valence-electron chi connectivity index (χ4n) is 1.09. The zero-order valence-electron chi connectivity index (χ0n) is 9.92. The minimum Gasteiger partial charge on any atom is -0.298 e. The van der Waals surface area contributed by atoms with Gasteiger partial charge in [0.2, 0.25) is 0 Å². The summed E-state index contributed by atoms with van der Waals surface area (Å²) in [4.78, 5) is 11.7. The molecule has 16 heavy (non-hydrogen) atoms. The average molecular weight is 257 g/mol. The molecule has 0 heterocycles. The van der Waals surface area contributed by atoms with Crippen molar-refractivity contribution in [2.75, 3.05) is 5.75 Å². The van der Waals surface area contributed by atoms with Crippen LogP contribution in [0.5, 0.6) is 0 Å². The van der Waals surface area contributed by atoms with Gasteiger partial charge in [-0.05, 0) is 11.6 Å². The number of thioether (sulfide) groups is 1. The highest BCUT2D eigenvalue weighted by Crippen LogP contribution is 2.23. The Balaban J connectivity index is 2.43. The SMILES string of the molecule is CC(C)(C)C(=O)CSCc1ccccc1Cl. The Hall–Kier alpha value is -0.470. The van der Waals surface area contributed by atoms with Crippen molar-refractivity contribution in [3.63, 3.8) is 0 Å². The summed E-state index contributed by atoms with van der Waals surface area (Å²) in [5.74, 6) is 1.63. The molecular formula is C13H17ClOS. The molecule has 0 spiro atoms. The molecule has 0 atom stereocenters. The Labute approximate surface area is 107 Å². The monoisotopic (exact) mass is 256 g/mol. The Morgan fingerprint density at radius 3 is 2.50 bits per heavy atom. The van der Waals surface area contributed by atoms with E-state index in [1.54, 1.807) is 11.8 Å². The van der Waals surface area contributed by atoms with E-state index >= 15 is 0 Å². The third kappa shape index (κ3) is 4.18. The van der Waals surface area contributed by atoms with Gasteiger partial charge in [-0.2, -0.15) is 0 Å². The third-order valence-electron chi connectivity index (χ3n) is 2.29. The van der Waals surface area contributed by atoms with E-state index < -0.39 is 0 Å². The summed E-state index contributed by atoms with van der Waals surface area (Å²) in [5.41, 5.74) is 0.851. The average Bonchev–Trinajstić information content (AvgIpc) is 2.19. The van der Waals surface area contributed by atoms with E-state index in [-0.39, 0.29) is 11.2 Å². The molecule has 0 bridgehead atoms. The van der Waals surface area contributed by atoms with Crippen molar-refractivity contribution in [2.45, 2.75) is 26.5 Å². The van der Waals surface area contributed by atoms with Crippen LogP contribution in [0.3, 0.4) is 0 Å². The maximum Gasteiger partial charge on any atom is 0.148 e. The summed E-state index contributed by atoms with van der Waals surface area (Å²) in [7, 11) is 0. The smallest absolute Gasteiger partial charge is 0.148 e. The number of hydrogen-bond donors (Lipinski definition) is 0. The highest BCUT2D eigenvalue weighted by atomic mass is 35.5. The van der Waals surface area contributed by atoms with Crippen molar-refractivity contribution < 1.29 is 4.79 Å². The van der Waals surface area contributed by atoms with E-state index in [2.05, 4.69) is 0 Å². The standard InChI is InChI=1S/C13H17ClOS/c1-13(2,3)12(15)9-16-8-10-6-4-5-7-11(10)14/h4-7H,8-9H2,1-3H3. The molecule has 0 saturated heterocycles. The number of ketones is 1. The lowest BCUT2D eigenvalue weighted by molar-refractivity contribution is -0.123. The molecule has 1 aromatic rings. The summed E-state index contributed by atoms with van der Waals surface area (Å²) in [5, 5.41) is 0.776. The summed E-state index contributed by atoms with van der Waals surface area (Å²) in [6.07, 6.45) is 0. The number of carbonyl (C=O) groups excluding carboxylic acids is 1. The van der Waals surface area contributed by atoms with E-state index in [0.29, 0.717) is 5.75 Å². The molecule has 0 aliphatic carbocycles. The molecule has 0 amide bonds. The first-order valence-corrected chi connectivity index (χ1v) is 6.79. The minimum atomic E-state index is -0.243. The van der Waals surface area contributed by atoms with Crippen LogP contribution >= 0.6 is 23.4 Å². The molecule has 0 radical (unpaired) electrons. The van der Waals surface area contributed by atoms with Gasteiger partial charge in [0, 0.05) is 16.2 Å². The first-order chi connectivity index (χ1) is 7.41. The highest BCUT2D eigenvalue weighted by Gasteiger charge is 2.20. The van der Waals surface area contributed by atoms with Crippen LogP contribution in [-0.2, 0) is 10.5 Å². The van der Waals surface area contributed by atoms with Gasteiger partial charge in [0.1, 0.15) is 5.78 Å². The van der Waals surface area contributed by atoms with Crippen molar-refractivity contribution in [3.05, 3.63) is 34.9 Å². The molecule has 1 nitrogen and oxygen atoms in total. The predicted octanol–water partition coefficient (Wildman–Crippen LogP) is 4.19. The minimum absolute atomic E-state index is 0.243. The van der Waals surface area contributed by atoms with E-state index in [1.807, 2.05) is 45.0 Å². The van der Waals surface area contributed by atoms with E-state index in [0.717, 1.165) is 16.3 Å². The van der Waals surface area contributed by atoms with Gasteiger partial charge in [-0.15, -0.1) is 11.8 Å². The number of benzene rings is 1. The lowest BCUT2D eigenvalue weighted by Crippen LogP contribution is -2.22. The Bertz CT molecular complexity index is 368. The second-order valence-electron chi connectivity index (χ2n) is 4.76. The molecule has 0 aliphatic heterocycles. The van der Waals surface area contributed by atoms with Crippen molar-refractivity contribution >= 4 is 29.1 Å². The molecule has 3 heteroatoms. The van der Waals surface area contributed by atoms with Gasteiger partial charge in [-0.1, -0.05) is 50.6 Å². The lowest BCUT2D eigenvalue weighted by Gasteiger charge is -2.16. The van der Waals surface area contributed by atoms with Crippen LogP contribution in [0, 0.1) is 5.41 Å². The van der Waals surface area contributed by atoms with Crippen LogP contribution in [0.2, 0.25) is 5.02 Å². The number of Topliss-reactive ketones (excluding diaryl/α,β-unsaturated/α-hetero) is 1. The molecule has 0 unspecified atom stereocenters. The maximum absolute atomic E-state index is 11.7. The van der Waals surface area contributed by atoms with Gasteiger partial charge < -0.3 is 0 Å². The Morgan fingerprint density at radius 2 is 1.94 bits per heavy atom. The Morgan fingerprint density at radius 1 is 1.31 bits per heavy atom. The fraction of sp³-hybridized carbons (Fsp3) is 0.462. The lowest BCUT2D eigenvalue weighted by atomic mass is 9.92. The molecular weight excluding hydrogens is 240 g/mol. The van der Waals surface area contributed by atoms with Crippen molar-refractivity contribution in [1.29, 1.82) is 0 Å². The summed E-state index contributed by atoms with van der Waals surface area (Å²) >= 11 is 7.65. The van der Waals surface area contributed by atoms with Gasteiger partial charge in [0.05, 0.1) is 5.75 Å². The van der Waals surface area contributed by atoms with Gasteiger partial charge >= 0.3 is 0 Å². The molecule has 0 saturated carbocycles. The number of carbonyl (C=O) groups is 1. The number of halogens is 1. The fourth-order valence-corrected chi connectivity index (χ4v) is 2.56. The first kappa shape index (κ1) is 13.6. The van der Waals surface area contributed by atoms with Crippen molar-refractivity contribution in [1.82, 2.24) is 0 Å². The molecule has 1 rings (SSSR count). The number of hydrogen-bond acceptors (Lipinski definition) is 2. The van der Waals surface area contributed by atoms with Crippen LogP contribution in [0.15, 0.2) is 24.3 Å². The summed E-state index contributed by atoms with van der Waals surface area (Å²) < 4.78 is 0. The van der Waals surface area contributed by atoms with Crippen LogP contribution in [0.1, 0.15) is 26.3 Å². The van der Waals surface area contributed by atoms with Gasteiger partial charge in [-0.25, -0.2) is 0 Å². The molecule has 1 aromatic carbocycles. The summed E-state index contributed by atoms with van der Waals surface area (Å²) in [6, 6.07) is 7.75. The molecule has 88 valence electrons. The molecule has 0 fully saturated rings. The van der Waals surface area contributed by atoms with Gasteiger partial charge in [0.15, 0.2) is 0 Å². The number of rotatable bonds is 4. The summed E-state index contributed by atoms with van der Waals surface area (Å²) in [6.45, 7) is 5.85. The highest BCUT2D eigenvalue weighted by molar-refractivity contribution is 7.99. The molecule has 0 N–H and O–H groups in total. The largest absolute Gasteiger partial charge is 0.298 e. The topological polar surface area (TPSA) is 17.1 Å². The van der Waals surface area contributed by atoms with Crippen LogP contribution < -0.4 is 0 Å². The third-order valence-corrected chi connectivity index (χ3v) is 3.64. The van der Waals surface area contributed by atoms with E-state index in [9.17, 15) is 4.79 Å². The molecule has 0 aliphatic rings. The second kappa shape index (κ2) is 5.74. The maximum atomic E-state index is 11.7. The van der Waals surface area contributed by atoms with Gasteiger partial charge in [0.25, 0.3) is 0 Å².